The maximum absolute atomic E-state index is 11.9. The second-order valence-electron chi connectivity index (χ2n) is 5.34. The Morgan fingerprint density at radius 3 is 2.92 bits per heavy atom. The van der Waals surface area contributed by atoms with Crippen molar-refractivity contribution >= 4 is 5.91 Å². The Morgan fingerprint density at radius 2 is 2.16 bits per heavy atom. The number of carbonyl (C=O) groups is 1. The fourth-order valence-corrected chi connectivity index (χ4v) is 2.19. The van der Waals surface area contributed by atoms with Crippen molar-refractivity contribution in [2.45, 2.75) is 20.4 Å². The fourth-order valence-electron chi connectivity index (χ4n) is 2.19. The molecule has 128 valence electrons. The predicted octanol–water partition coefficient (Wildman–Crippen LogP) is 0.800. The van der Waals surface area contributed by atoms with Crippen molar-refractivity contribution < 1.29 is 9.32 Å². The normalized spacial score (nSPS) is 10.6. The molecule has 3 aromatic heterocycles. The molecule has 25 heavy (non-hydrogen) atoms. The van der Waals surface area contributed by atoms with Crippen LogP contribution < -0.4 is 10.9 Å². The van der Waals surface area contributed by atoms with Crippen molar-refractivity contribution in [1.29, 1.82) is 0 Å². The van der Waals surface area contributed by atoms with Gasteiger partial charge >= 0.3 is 0 Å². The van der Waals surface area contributed by atoms with Gasteiger partial charge in [0.05, 0.1) is 0 Å². The highest BCUT2D eigenvalue weighted by atomic mass is 16.5. The summed E-state index contributed by atoms with van der Waals surface area (Å²) in [5.74, 6) is 0.224. The van der Waals surface area contributed by atoms with Crippen molar-refractivity contribution in [3.8, 4) is 23.0 Å². The highest BCUT2D eigenvalue weighted by Gasteiger charge is 2.14. The number of nitrogens with one attached hydrogen (secondary N) is 1. The summed E-state index contributed by atoms with van der Waals surface area (Å²) < 4.78 is 6.28. The lowest BCUT2D eigenvalue weighted by atomic mass is 10.2. The zero-order chi connectivity index (χ0) is 17.8. The molecule has 0 saturated carbocycles. The second kappa shape index (κ2) is 7.04. The first-order chi connectivity index (χ1) is 12.1. The van der Waals surface area contributed by atoms with Crippen LogP contribution in [0.25, 0.3) is 23.0 Å². The van der Waals surface area contributed by atoms with Crippen molar-refractivity contribution in [1.82, 2.24) is 30.2 Å². The molecule has 0 aliphatic carbocycles. The number of hydrogen-bond donors (Lipinski definition) is 1. The molecule has 0 bridgehead atoms. The first-order valence-corrected chi connectivity index (χ1v) is 7.68. The van der Waals surface area contributed by atoms with Gasteiger partial charge in [-0.2, -0.15) is 10.1 Å². The van der Waals surface area contributed by atoms with Crippen LogP contribution in [0.15, 0.2) is 39.9 Å². The molecule has 0 atom stereocenters. The third kappa shape index (κ3) is 3.77. The lowest BCUT2D eigenvalue weighted by molar-refractivity contribution is -0.121. The van der Waals surface area contributed by atoms with Crippen molar-refractivity contribution in [2.75, 3.05) is 6.54 Å². The maximum atomic E-state index is 11.9. The van der Waals surface area contributed by atoms with E-state index in [9.17, 15) is 9.59 Å². The summed E-state index contributed by atoms with van der Waals surface area (Å²) in [4.78, 5) is 31.9. The summed E-state index contributed by atoms with van der Waals surface area (Å²) >= 11 is 0. The first-order valence-electron chi connectivity index (χ1n) is 7.68. The van der Waals surface area contributed by atoms with E-state index in [-0.39, 0.29) is 18.3 Å². The van der Waals surface area contributed by atoms with Gasteiger partial charge in [0.15, 0.2) is 0 Å². The van der Waals surface area contributed by atoms with Gasteiger partial charge < -0.3 is 9.84 Å². The van der Waals surface area contributed by atoms with Crippen molar-refractivity contribution in [2.24, 2.45) is 0 Å². The van der Waals surface area contributed by atoms with E-state index >= 15 is 0 Å². The molecule has 0 aromatic carbocycles. The van der Waals surface area contributed by atoms with Gasteiger partial charge in [-0.05, 0) is 31.5 Å². The molecule has 3 rings (SSSR count). The minimum Gasteiger partial charge on any atom is -0.355 e. The van der Waals surface area contributed by atoms with Gasteiger partial charge in [-0.3, -0.25) is 14.6 Å². The van der Waals surface area contributed by atoms with Gasteiger partial charge in [-0.15, -0.1) is 0 Å². The Hall–Kier alpha value is -3.36. The molecule has 0 saturated heterocycles. The lowest BCUT2D eigenvalue weighted by Gasteiger charge is -2.05. The highest BCUT2D eigenvalue weighted by Crippen LogP contribution is 2.20. The average Bonchev–Trinajstić information content (AvgIpc) is 3.07. The largest absolute Gasteiger partial charge is 0.355 e. The number of amides is 1. The van der Waals surface area contributed by atoms with Crippen LogP contribution in [-0.4, -0.2) is 37.4 Å². The molecular weight excluding hydrogens is 324 g/mol. The average molecular weight is 340 g/mol. The molecule has 1 N–H and O–H groups in total. The molecule has 0 radical (unpaired) electrons. The predicted molar refractivity (Wildman–Crippen MR) is 88.4 cm³/mol. The molecule has 0 unspecified atom stereocenters. The Labute approximate surface area is 142 Å². The SMILES string of the molecule is CCNC(=O)Cn1nc(-c2nc(-c3cncc(C)c3)no2)ccc1=O. The molecule has 0 fully saturated rings. The quantitative estimate of drug-likeness (QED) is 0.730. The van der Waals surface area contributed by atoms with E-state index in [0.717, 1.165) is 10.2 Å². The molecule has 3 heterocycles. The third-order valence-corrected chi connectivity index (χ3v) is 3.31. The van der Waals surface area contributed by atoms with Crippen molar-refractivity contribution in [3.05, 3.63) is 46.5 Å². The molecule has 3 aromatic rings. The smallest absolute Gasteiger partial charge is 0.278 e. The number of nitrogens with zero attached hydrogens (tertiary/aromatic N) is 5. The molecule has 0 spiro atoms. The van der Waals surface area contributed by atoms with Crippen LogP contribution in [0.3, 0.4) is 0 Å². The van der Waals surface area contributed by atoms with E-state index in [0.29, 0.717) is 23.6 Å². The van der Waals surface area contributed by atoms with Gasteiger partial charge in [-0.25, -0.2) is 4.68 Å². The van der Waals surface area contributed by atoms with Crippen LogP contribution >= 0.6 is 0 Å². The zero-order valence-corrected chi connectivity index (χ0v) is 13.8. The van der Waals surface area contributed by atoms with Gasteiger partial charge in [0.1, 0.15) is 12.2 Å². The summed E-state index contributed by atoms with van der Waals surface area (Å²) in [6, 6.07) is 4.66. The van der Waals surface area contributed by atoms with E-state index in [1.165, 1.54) is 12.1 Å². The number of aromatic nitrogens is 5. The number of hydrogen-bond acceptors (Lipinski definition) is 7. The third-order valence-electron chi connectivity index (χ3n) is 3.31. The maximum Gasteiger partial charge on any atom is 0.278 e. The van der Waals surface area contributed by atoms with Gasteiger partial charge in [-0.1, -0.05) is 5.16 Å². The zero-order valence-electron chi connectivity index (χ0n) is 13.8. The lowest BCUT2D eigenvalue weighted by Crippen LogP contribution is -2.33. The van der Waals surface area contributed by atoms with Crippen LogP contribution in [0, 0.1) is 6.92 Å². The first kappa shape index (κ1) is 16.5. The minimum atomic E-state index is -0.391. The van der Waals surface area contributed by atoms with E-state index in [1.54, 1.807) is 19.3 Å². The van der Waals surface area contributed by atoms with E-state index in [2.05, 4.69) is 25.5 Å². The van der Waals surface area contributed by atoms with Gasteiger partial charge in [0.25, 0.3) is 11.4 Å². The molecular formula is C16H16N6O3. The standard InChI is InChI=1S/C16H16N6O3/c1-3-18-13(23)9-22-14(24)5-4-12(20-22)16-19-15(21-25-16)11-6-10(2)7-17-8-11/h4-8H,3,9H2,1-2H3,(H,18,23). The minimum absolute atomic E-state index is 0.154. The molecule has 0 aliphatic heterocycles. The van der Waals surface area contributed by atoms with E-state index in [4.69, 9.17) is 4.52 Å². The Kier molecular flexibility index (Phi) is 4.64. The van der Waals surface area contributed by atoms with Crippen LogP contribution in [-0.2, 0) is 11.3 Å². The summed E-state index contributed by atoms with van der Waals surface area (Å²) in [5.41, 5.74) is 1.60. The summed E-state index contributed by atoms with van der Waals surface area (Å²) in [7, 11) is 0. The summed E-state index contributed by atoms with van der Waals surface area (Å²) in [6.07, 6.45) is 3.36. The van der Waals surface area contributed by atoms with Crippen LogP contribution in [0.4, 0.5) is 0 Å². The number of pyridine rings is 1. The number of rotatable bonds is 5. The Morgan fingerprint density at radius 1 is 1.32 bits per heavy atom. The Bertz CT molecular complexity index is 962. The Balaban J connectivity index is 1.90. The molecule has 1 amide bonds. The topological polar surface area (TPSA) is 116 Å². The summed E-state index contributed by atoms with van der Waals surface area (Å²) in [5, 5.41) is 10.6. The van der Waals surface area contributed by atoms with Crippen LogP contribution in [0.1, 0.15) is 12.5 Å². The molecule has 0 aliphatic rings. The van der Waals surface area contributed by atoms with Gasteiger partial charge in [0.2, 0.25) is 11.7 Å². The fraction of sp³-hybridized carbons (Fsp3) is 0.250. The molecule has 9 heteroatoms. The summed E-state index contributed by atoms with van der Waals surface area (Å²) in [6.45, 7) is 4.01. The highest BCUT2D eigenvalue weighted by molar-refractivity contribution is 5.75. The van der Waals surface area contributed by atoms with Crippen LogP contribution in [0.5, 0.6) is 0 Å². The van der Waals surface area contributed by atoms with Crippen molar-refractivity contribution in [3.63, 3.8) is 0 Å². The van der Waals surface area contributed by atoms with Crippen LogP contribution in [0.2, 0.25) is 0 Å². The second-order valence-corrected chi connectivity index (χ2v) is 5.34. The number of aryl methyl sites for hydroxylation is 1. The number of carbonyl (C=O) groups excluding carboxylic acids is 1. The monoisotopic (exact) mass is 340 g/mol. The van der Waals surface area contributed by atoms with Gasteiger partial charge in [0, 0.05) is 30.6 Å². The van der Waals surface area contributed by atoms with E-state index in [1.807, 2.05) is 13.0 Å². The molecule has 9 nitrogen and oxygen atoms in total. The number of likely N-dealkylation sites (N-methyl/N-ethyl adjacent to an activating group) is 1. The van der Waals surface area contributed by atoms with E-state index < -0.39 is 5.56 Å².